The number of amides is 1. The van der Waals surface area contributed by atoms with Crippen molar-refractivity contribution in [3.8, 4) is 0 Å². The second kappa shape index (κ2) is 7.02. The summed E-state index contributed by atoms with van der Waals surface area (Å²) < 4.78 is 27.1. The van der Waals surface area contributed by atoms with Gasteiger partial charge in [0.1, 0.15) is 0 Å². The van der Waals surface area contributed by atoms with Crippen molar-refractivity contribution >= 4 is 15.9 Å². The first-order valence-corrected chi connectivity index (χ1v) is 8.60. The summed E-state index contributed by atoms with van der Waals surface area (Å²) in [5, 5.41) is 5.86. The van der Waals surface area contributed by atoms with E-state index in [2.05, 4.69) is 15.4 Å². The molecule has 6 nitrogen and oxygen atoms in total. The largest absolute Gasteiger partial charge is 0.355 e. The van der Waals surface area contributed by atoms with E-state index in [0.29, 0.717) is 19.5 Å². The highest BCUT2D eigenvalue weighted by Crippen LogP contribution is 2.22. The van der Waals surface area contributed by atoms with Gasteiger partial charge in [0.2, 0.25) is 15.9 Å². The Labute approximate surface area is 125 Å². The fourth-order valence-electron chi connectivity index (χ4n) is 2.31. The maximum absolute atomic E-state index is 12.4. The van der Waals surface area contributed by atoms with Gasteiger partial charge in [-0.15, -0.1) is 0 Å². The SMILES string of the molecule is CCCNC(=O)CNS(=O)(=O)c1cccc2c1CCNC2. The maximum atomic E-state index is 12.4. The van der Waals surface area contributed by atoms with Gasteiger partial charge in [-0.1, -0.05) is 19.1 Å². The Morgan fingerprint density at radius 1 is 1.38 bits per heavy atom. The van der Waals surface area contributed by atoms with Crippen molar-refractivity contribution in [1.82, 2.24) is 15.4 Å². The molecule has 2 rings (SSSR count). The van der Waals surface area contributed by atoms with Crippen molar-refractivity contribution in [3.05, 3.63) is 29.3 Å². The van der Waals surface area contributed by atoms with Crippen molar-refractivity contribution < 1.29 is 13.2 Å². The van der Waals surface area contributed by atoms with Crippen LogP contribution in [-0.2, 0) is 27.8 Å². The lowest BCUT2D eigenvalue weighted by atomic mass is 10.0. The Bertz CT molecular complexity index is 614. The van der Waals surface area contributed by atoms with Crippen LogP contribution in [0.15, 0.2) is 23.1 Å². The summed E-state index contributed by atoms with van der Waals surface area (Å²) in [5.74, 6) is -0.313. The average molecular weight is 311 g/mol. The standard InChI is InChI=1S/C14H21N3O3S/c1-2-7-16-14(18)10-17-21(19,20)13-5-3-4-11-9-15-8-6-12(11)13/h3-5,15,17H,2,6-10H2,1H3,(H,16,18). The fraction of sp³-hybridized carbons (Fsp3) is 0.500. The van der Waals surface area contributed by atoms with Gasteiger partial charge < -0.3 is 10.6 Å². The molecule has 0 unspecified atom stereocenters. The van der Waals surface area contributed by atoms with Crippen molar-refractivity contribution in [2.45, 2.75) is 31.2 Å². The minimum atomic E-state index is -3.66. The normalized spacial score (nSPS) is 14.5. The lowest BCUT2D eigenvalue weighted by Crippen LogP contribution is -2.38. The molecule has 1 aliphatic heterocycles. The third kappa shape index (κ3) is 4.03. The molecule has 1 aliphatic rings. The monoisotopic (exact) mass is 311 g/mol. The van der Waals surface area contributed by atoms with E-state index in [0.717, 1.165) is 24.1 Å². The van der Waals surface area contributed by atoms with Gasteiger partial charge in [-0.25, -0.2) is 13.1 Å². The zero-order valence-corrected chi connectivity index (χ0v) is 12.9. The number of carbonyl (C=O) groups excluding carboxylic acids is 1. The first-order chi connectivity index (χ1) is 10.0. The minimum Gasteiger partial charge on any atom is -0.355 e. The Hall–Kier alpha value is -1.44. The third-order valence-corrected chi connectivity index (χ3v) is 4.87. The molecule has 1 aromatic rings. The average Bonchev–Trinajstić information content (AvgIpc) is 2.50. The van der Waals surface area contributed by atoms with Gasteiger partial charge in [-0.3, -0.25) is 4.79 Å². The second-order valence-electron chi connectivity index (χ2n) is 5.00. The van der Waals surface area contributed by atoms with E-state index in [1.807, 2.05) is 13.0 Å². The van der Waals surface area contributed by atoms with Crippen LogP contribution >= 0.6 is 0 Å². The molecular formula is C14H21N3O3S. The van der Waals surface area contributed by atoms with Crippen molar-refractivity contribution in [3.63, 3.8) is 0 Å². The highest BCUT2D eigenvalue weighted by molar-refractivity contribution is 7.89. The summed E-state index contributed by atoms with van der Waals surface area (Å²) in [4.78, 5) is 11.8. The van der Waals surface area contributed by atoms with E-state index in [1.165, 1.54) is 0 Å². The van der Waals surface area contributed by atoms with Crippen LogP contribution < -0.4 is 15.4 Å². The molecule has 0 aliphatic carbocycles. The smallest absolute Gasteiger partial charge is 0.241 e. The number of fused-ring (bicyclic) bond motifs is 1. The number of hydrogen-bond donors (Lipinski definition) is 3. The second-order valence-corrected chi connectivity index (χ2v) is 6.73. The zero-order valence-electron chi connectivity index (χ0n) is 12.1. The molecule has 1 amide bonds. The lowest BCUT2D eigenvalue weighted by molar-refractivity contribution is -0.119. The number of benzene rings is 1. The molecule has 0 fully saturated rings. The quantitative estimate of drug-likeness (QED) is 0.697. The van der Waals surface area contributed by atoms with Crippen LogP contribution in [0, 0.1) is 0 Å². The Kier molecular flexibility index (Phi) is 5.33. The number of sulfonamides is 1. The van der Waals surface area contributed by atoms with Gasteiger partial charge >= 0.3 is 0 Å². The highest BCUT2D eigenvalue weighted by atomic mass is 32.2. The van der Waals surface area contributed by atoms with E-state index in [9.17, 15) is 13.2 Å². The Balaban J connectivity index is 2.11. The molecule has 1 heterocycles. The molecule has 0 radical (unpaired) electrons. The first kappa shape index (κ1) is 15.9. The summed E-state index contributed by atoms with van der Waals surface area (Å²) in [6, 6.07) is 5.25. The molecule has 0 bridgehead atoms. The molecule has 0 saturated heterocycles. The minimum absolute atomic E-state index is 0.232. The summed E-state index contributed by atoms with van der Waals surface area (Å²) in [6.45, 7) is 3.69. The Morgan fingerprint density at radius 2 is 2.19 bits per heavy atom. The van der Waals surface area contributed by atoms with Crippen LogP contribution in [0.1, 0.15) is 24.5 Å². The Morgan fingerprint density at radius 3 is 2.95 bits per heavy atom. The molecule has 7 heteroatoms. The molecule has 21 heavy (non-hydrogen) atoms. The summed E-state index contributed by atoms with van der Waals surface area (Å²) in [5.41, 5.74) is 1.84. The molecule has 1 aromatic carbocycles. The molecule has 0 aromatic heterocycles. The number of hydrogen-bond acceptors (Lipinski definition) is 4. The zero-order chi connectivity index (χ0) is 15.3. The van der Waals surface area contributed by atoms with E-state index in [-0.39, 0.29) is 17.3 Å². The van der Waals surface area contributed by atoms with Gasteiger partial charge in [0.15, 0.2) is 0 Å². The molecule has 0 spiro atoms. The topological polar surface area (TPSA) is 87.3 Å². The number of rotatable bonds is 6. The van der Waals surface area contributed by atoms with Gasteiger partial charge in [0.05, 0.1) is 11.4 Å². The maximum Gasteiger partial charge on any atom is 0.241 e. The van der Waals surface area contributed by atoms with E-state index in [4.69, 9.17) is 0 Å². The summed E-state index contributed by atoms with van der Waals surface area (Å²) >= 11 is 0. The van der Waals surface area contributed by atoms with Gasteiger partial charge in [-0.05, 0) is 36.6 Å². The molecule has 3 N–H and O–H groups in total. The summed E-state index contributed by atoms with van der Waals surface area (Å²) in [6.07, 6.45) is 1.49. The third-order valence-electron chi connectivity index (χ3n) is 3.38. The van der Waals surface area contributed by atoms with Gasteiger partial charge in [-0.2, -0.15) is 0 Å². The predicted octanol–water partition coefficient (Wildman–Crippen LogP) is 0.137. The van der Waals surface area contributed by atoms with Crippen LogP contribution in [0.3, 0.4) is 0 Å². The fourth-order valence-corrected chi connectivity index (χ4v) is 3.61. The van der Waals surface area contributed by atoms with E-state index < -0.39 is 10.0 Å². The highest BCUT2D eigenvalue weighted by Gasteiger charge is 2.22. The molecule has 0 saturated carbocycles. The van der Waals surface area contributed by atoms with Crippen LogP contribution in [0.2, 0.25) is 0 Å². The molecular weight excluding hydrogens is 290 g/mol. The van der Waals surface area contributed by atoms with Crippen LogP contribution in [0.4, 0.5) is 0 Å². The van der Waals surface area contributed by atoms with Crippen LogP contribution in [0.25, 0.3) is 0 Å². The lowest BCUT2D eigenvalue weighted by Gasteiger charge is -2.20. The van der Waals surface area contributed by atoms with E-state index >= 15 is 0 Å². The van der Waals surface area contributed by atoms with Crippen LogP contribution in [0.5, 0.6) is 0 Å². The predicted molar refractivity (Wildman–Crippen MR) is 80.3 cm³/mol. The van der Waals surface area contributed by atoms with E-state index in [1.54, 1.807) is 12.1 Å². The number of carbonyl (C=O) groups is 1. The van der Waals surface area contributed by atoms with Crippen molar-refractivity contribution in [2.75, 3.05) is 19.6 Å². The van der Waals surface area contributed by atoms with Gasteiger partial charge in [0.25, 0.3) is 0 Å². The van der Waals surface area contributed by atoms with Crippen molar-refractivity contribution in [2.24, 2.45) is 0 Å². The van der Waals surface area contributed by atoms with Gasteiger partial charge in [0, 0.05) is 13.1 Å². The molecule has 0 atom stereocenters. The molecule has 116 valence electrons. The first-order valence-electron chi connectivity index (χ1n) is 7.12. The summed E-state index contributed by atoms with van der Waals surface area (Å²) in [7, 11) is -3.66. The number of nitrogens with one attached hydrogen (secondary N) is 3. The van der Waals surface area contributed by atoms with Crippen molar-refractivity contribution in [1.29, 1.82) is 0 Å². The van der Waals surface area contributed by atoms with Crippen LogP contribution in [-0.4, -0.2) is 34.0 Å².